The first-order valence-electron chi connectivity index (χ1n) is 8.17. The van der Waals surface area contributed by atoms with Crippen LogP contribution in [0.5, 0.6) is 11.5 Å². The number of ether oxygens (including phenoxy) is 2. The van der Waals surface area contributed by atoms with E-state index in [1.807, 2.05) is 19.1 Å². The Morgan fingerprint density at radius 2 is 1.32 bits per heavy atom. The number of rotatable bonds is 6. The highest BCUT2D eigenvalue weighted by molar-refractivity contribution is 5.37. The van der Waals surface area contributed by atoms with Crippen molar-refractivity contribution in [2.45, 2.75) is 31.7 Å². The molecule has 0 amide bonds. The molecule has 0 radical (unpaired) electrons. The number of hydrogen-bond acceptors (Lipinski definition) is 3. The molecule has 2 rings (SSSR count). The van der Waals surface area contributed by atoms with Gasteiger partial charge in [0.15, 0.2) is 0 Å². The minimum Gasteiger partial charge on any atom is -0.492 e. The maximum atomic E-state index is 12.9. The molecule has 0 bridgehead atoms. The number of alkyl halides is 6. The van der Waals surface area contributed by atoms with E-state index in [9.17, 15) is 26.3 Å². The van der Waals surface area contributed by atoms with E-state index in [4.69, 9.17) is 15.2 Å². The average Bonchev–Trinajstić information content (AvgIpc) is 2.58. The summed E-state index contributed by atoms with van der Waals surface area (Å²) in [4.78, 5) is 0. The second-order valence-electron chi connectivity index (χ2n) is 6.74. The molecule has 0 saturated carbocycles. The molecular weight excluding hydrogens is 388 g/mol. The summed E-state index contributed by atoms with van der Waals surface area (Å²) in [7, 11) is 0. The Kier molecular flexibility index (Phi) is 6.18. The standard InChI is InChI=1S/C19H19F6NO2/c1-12-5-3-4-6-16(12)28-11-17(2,26)10-27-15-8-13(18(20,21)22)7-14(9-15)19(23,24)25/h3-9H,10-11,26H2,1-2H3. The lowest BCUT2D eigenvalue weighted by Gasteiger charge is -2.25. The molecule has 1 unspecified atom stereocenters. The van der Waals surface area contributed by atoms with E-state index in [0.717, 1.165) is 5.56 Å². The predicted molar refractivity (Wildman–Crippen MR) is 91.2 cm³/mol. The quantitative estimate of drug-likeness (QED) is 0.669. The number of halogens is 6. The third-order valence-electron chi connectivity index (χ3n) is 3.78. The number of para-hydroxylation sites is 1. The first-order valence-corrected chi connectivity index (χ1v) is 8.17. The molecular formula is C19H19F6NO2. The van der Waals surface area contributed by atoms with Crippen LogP contribution in [0.25, 0.3) is 0 Å². The fourth-order valence-corrected chi connectivity index (χ4v) is 2.26. The van der Waals surface area contributed by atoms with Crippen molar-refractivity contribution < 1.29 is 35.8 Å². The normalized spacial score (nSPS) is 14.5. The van der Waals surface area contributed by atoms with Gasteiger partial charge in [-0.3, -0.25) is 0 Å². The van der Waals surface area contributed by atoms with Crippen LogP contribution in [0.15, 0.2) is 42.5 Å². The van der Waals surface area contributed by atoms with Gasteiger partial charge in [0, 0.05) is 0 Å². The van der Waals surface area contributed by atoms with Crippen LogP contribution in [0, 0.1) is 6.92 Å². The Hall–Kier alpha value is -2.42. The third-order valence-corrected chi connectivity index (χ3v) is 3.78. The lowest BCUT2D eigenvalue weighted by atomic mass is 10.1. The maximum Gasteiger partial charge on any atom is 0.416 e. The van der Waals surface area contributed by atoms with E-state index in [1.165, 1.54) is 6.92 Å². The highest BCUT2D eigenvalue weighted by Crippen LogP contribution is 2.38. The van der Waals surface area contributed by atoms with Gasteiger partial charge in [-0.1, -0.05) is 18.2 Å². The molecule has 3 nitrogen and oxygen atoms in total. The summed E-state index contributed by atoms with van der Waals surface area (Å²) >= 11 is 0. The zero-order valence-corrected chi connectivity index (χ0v) is 15.1. The maximum absolute atomic E-state index is 12.9. The molecule has 0 heterocycles. The molecule has 1 atom stereocenters. The number of hydrogen-bond donors (Lipinski definition) is 1. The summed E-state index contributed by atoms with van der Waals surface area (Å²) in [5.74, 6) is -0.00711. The number of aryl methyl sites for hydroxylation is 1. The van der Waals surface area contributed by atoms with E-state index >= 15 is 0 Å². The van der Waals surface area contributed by atoms with Gasteiger partial charge >= 0.3 is 12.4 Å². The third kappa shape index (κ3) is 6.05. The van der Waals surface area contributed by atoms with Crippen molar-refractivity contribution in [2.75, 3.05) is 13.2 Å². The highest BCUT2D eigenvalue weighted by Gasteiger charge is 2.37. The van der Waals surface area contributed by atoms with Gasteiger partial charge in [0.2, 0.25) is 0 Å². The molecule has 2 N–H and O–H groups in total. The van der Waals surface area contributed by atoms with Gasteiger partial charge in [0.25, 0.3) is 0 Å². The fraction of sp³-hybridized carbons (Fsp3) is 0.368. The minimum atomic E-state index is -4.95. The minimum absolute atomic E-state index is 0.0375. The van der Waals surface area contributed by atoms with Gasteiger partial charge < -0.3 is 15.2 Å². The Bertz CT molecular complexity index is 783. The SMILES string of the molecule is Cc1ccccc1OCC(C)(N)COc1cc(C(F)(F)F)cc(C(F)(F)F)c1. The molecule has 9 heteroatoms. The van der Waals surface area contributed by atoms with Crippen molar-refractivity contribution in [3.8, 4) is 11.5 Å². The van der Waals surface area contributed by atoms with Gasteiger partial charge in [0.05, 0.1) is 16.7 Å². The zero-order valence-electron chi connectivity index (χ0n) is 15.1. The molecule has 2 aromatic rings. The van der Waals surface area contributed by atoms with Gasteiger partial charge in [-0.15, -0.1) is 0 Å². The molecule has 0 spiro atoms. The molecule has 0 aromatic heterocycles. The summed E-state index contributed by atoms with van der Waals surface area (Å²) in [6.45, 7) is 2.94. The summed E-state index contributed by atoms with van der Waals surface area (Å²) in [5.41, 5.74) is 2.81. The summed E-state index contributed by atoms with van der Waals surface area (Å²) in [5, 5.41) is 0. The van der Waals surface area contributed by atoms with E-state index in [1.54, 1.807) is 12.1 Å². The fourth-order valence-electron chi connectivity index (χ4n) is 2.26. The molecule has 0 saturated heterocycles. The van der Waals surface area contributed by atoms with Gasteiger partial charge in [-0.05, 0) is 43.7 Å². The van der Waals surface area contributed by atoms with Crippen molar-refractivity contribution in [1.29, 1.82) is 0 Å². The van der Waals surface area contributed by atoms with E-state index in [-0.39, 0.29) is 19.3 Å². The van der Waals surface area contributed by atoms with E-state index in [0.29, 0.717) is 17.9 Å². The second-order valence-corrected chi connectivity index (χ2v) is 6.74. The molecule has 0 aliphatic rings. The summed E-state index contributed by atoms with van der Waals surface area (Å²) < 4.78 is 88.1. The Morgan fingerprint density at radius 3 is 1.82 bits per heavy atom. The van der Waals surface area contributed by atoms with Gasteiger partial charge in [-0.2, -0.15) is 26.3 Å². The largest absolute Gasteiger partial charge is 0.492 e. The Balaban J connectivity index is 2.12. The lowest BCUT2D eigenvalue weighted by molar-refractivity contribution is -0.143. The van der Waals surface area contributed by atoms with Crippen LogP contribution >= 0.6 is 0 Å². The van der Waals surface area contributed by atoms with Crippen molar-refractivity contribution in [2.24, 2.45) is 5.73 Å². The predicted octanol–water partition coefficient (Wildman–Crippen LogP) is 5.21. The van der Waals surface area contributed by atoms with Crippen molar-refractivity contribution in [3.05, 3.63) is 59.2 Å². The van der Waals surface area contributed by atoms with Crippen molar-refractivity contribution >= 4 is 0 Å². The second kappa shape index (κ2) is 7.90. The van der Waals surface area contributed by atoms with Gasteiger partial charge in [-0.25, -0.2) is 0 Å². The molecule has 2 aromatic carbocycles. The molecule has 0 fully saturated rings. The van der Waals surface area contributed by atoms with Crippen LogP contribution < -0.4 is 15.2 Å². The van der Waals surface area contributed by atoms with E-state index < -0.39 is 34.8 Å². The monoisotopic (exact) mass is 407 g/mol. The topological polar surface area (TPSA) is 44.5 Å². The van der Waals surface area contributed by atoms with Crippen LogP contribution in [0.1, 0.15) is 23.6 Å². The smallest absolute Gasteiger partial charge is 0.416 e. The first-order chi connectivity index (χ1) is 12.8. The van der Waals surface area contributed by atoms with Crippen molar-refractivity contribution in [3.63, 3.8) is 0 Å². The Labute approximate surface area is 158 Å². The number of benzene rings is 2. The van der Waals surface area contributed by atoms with E-state index in [2.05, 4.69) is 0 Å². The first kappa shape index (κ1) is 21.9. The molecule has 0 aliphatic carbocycles. The zero-order chi connectivity index (χ0) is 21.2. The summed E-state index contributed by atoms with van der Waals surface area (Å²) in [6.07, 6.45) is -9.89. The van der Waals surface area contributed by atoms with Crippen molar-refractivity contribution in [1.82, 2.24) is 0 Å². The van der Waals surface area contributed by atoms with Crippen LogP contribution in [0.2, 0.25) is 0 Å². The lowest BCUT2D eigenvalue weighted by Crippen LogP contribution is -2.47. The van der Waals surface area contributed by atoms with Crippen LogP contribution in [0.4, 0.5) is 26.3 Å². The molecule has 154 valence electrons. The average molecular weight is 407 g/mol. The number of nitrogens with two attached hydrogens (primary N) is 1. The Morgan fingerprint density at radius 1 is 0.821 bits per heavy atom. The van der Waals surface area contributed by atoms with Crippen LogP contribution in [-0.4, -0.2) is 18.8 Å². The molecule has 0 aliphatic heterocycles. The molecule has 28 heavy (non-hydrogen) atoms. The van der Waals surface area contributed by atoms with Crippen LogP contribution in [0.3, 0.4) is 0 Å². The summed E-state index contributed by atoms with van der Waals surface area (Å²) in [6, 6.07) is 8.17. The van der Waals surface area contributed by atoms with Crippen LogP contribution in [-0.2, 0) is 12.4 Å². The highest BCUT2D eigenvalue weighted by atomic mass is 19.4. The van der Waals surface area contributed by atoms with Gasteiger partial charge in [0.1, 0.15) is 24.7 Å².